The Morgan fingerprint density at radius 2 is 2.00 bits per heavy atom. The maximum atomic E-state index is 9.79. The predicted molar refractivity (Wildman–Crippen MR) is 59.5 cm³/mol. The smallest absolute Gasteiger partial charge is 0.142 e. The summed E-state index contributed by atoms with van der Waals surface area (Å²) in [7, 11) is 1.79. The number of hydrogen-bond acceptors (Lipinski definition) is 4. The van der Waals surface area contributed by atoms with Crippen LogP contribution in [-0.4, -0.2) is 55.6 Å². The highest BCUT2D eigenvalue weighted by molar-refractivity contribution is 6.11. The molecule has 0 bridgehead atoms. The van der Waals surface area contributed by atoms with E-state index in [1.165, 1.54) is 0 Å². The lowest BCUT2D eigenvalue weighted by Gasteiger charge is -2.25. The Kier molecular flexibility index (Phi) is 4.17. The minimum absolute atomic E-state index is 0.0472. The van der Waals surface area contributed by atoms with E-state index in [1.54, 1.807) is 7.85 Å². The van der Waals surface area contributed by atoms with Gasteiger partial charge >= 0.3 is 0 Å². The summed E-state index contributed by atoms with van der Waals surface area (Å²) < 4.78 is 11.0. The number of ether oxygens (including phenoxy) is 2. The average Bonchev–Trinajstić information content (AvgIpc) is 2.39. The number of hydrogen-bond donors (Lipinski definition) is 2. The van der Waals surface area contributed by atoms with Gasteiger partial charge in [0.15, 0.2) is 0 Å². The van der Waals surface area contributed by atoms with E-state index in [4.69, 9.17) is 14.6 Å². The molecule has 0 spiro atoms. The van der Waals surface area contributed by atoms with Gasteiger partial charge in [0.25, 0.3) is 0 Å². The van der Waals surface area contributed by atoms with Crippen molar-refractivity contribution < 1.29 is 19.7 Å². The lowest BCUT2D eigenvalue weighted by molar-refractivity contribution is -0.0729. The molecule has 0 saturated carbocycles. The molecule has 1 fully saturated rings. The molecule has 4 nitrogen and oxygen atoms in total. The van der Waals surface area contributed by atoms with Crippen molar-refractivity contribution in [2.24, 2.45) is 5.41 Å². The first-order valence-corrected chi connectivity index (χ1v) is 5.41. The third-order valence-corrected chi connectivity index (χ3v) is 2.46. The van der Waals surface area contributed by atoms with Gasteiger partial charge in [0.05, 0.1) is 19.2 Å². The quantitative estimate of drug-likeness (QED) is 0.602. The normalized spacial score (nSPS) is 37.1. The van der Waals surface area contributed by atoms with Gasteiger partial charge in [-0.05, 0) is 5.41 Å². The van der Waals surface area contributed by atoms with Gasteiger partial charge in [-0.1, -0.05) is 20.8 Å². The summed E-state index contributed by atoms with van der Waals surface area (Å²) in [5.41, 5.74) is 0.0472. The summed E-state index contributed by atoms with van der Waals surface area (Å²) in [5, 5.41) is 18.9. The summed E-state index contributed by atoms with van der Waals surface area (Å²) in [4.78, 5) is 0. The topological polar surface area (TPSA) is 58.9 Å². The maximum absolute atomic E-state index is 9.79. The van der Waals surface area contributed by atoms with Crippen LogP contribution in [0.3, 0.4) is 0 Å². The summed E-state index contributed by atoms with van der Waals surface area (Å²) in [5.74, 6) is 0. The van der Waals surface area contributed by atoms with Crippen LogP contribution >= 0.6 is 0 Å². The van der Waals surface area contributed by atoms with E-state index in [0.29, 0.717) is 6.61 Å². The minimum atomic E-state index is -0.649. The Labute approximate surface area is 92.0 Å². The van der Waals surface area contributed by atoms with Gasteiger partial charge in [-0.25, -0.2) is 0 Å². The standard InChI is InChI=1S/C10H21BO4/c1-10(2,3)5-14-8-6(4-12)15-9(11)7(8)13/h6-9,12-13H,4-5,11H2,1-3H3/t6-,7?,8+,9-/m1/s1. The maximum Gasteiger partial charge on any atom is 0.142 e. The van der Waals surface area contributed by atoms with Crippen LogP contribution in [0.25, 0.3) is 0 Å². The Balaban J connectivity index is 2.51. The molecular weight excluding hydrogens is 195 g/mol. The lowest BCUT2D eigenvalue weighted by Crippen LogP contribution is -2.38. The molecule has 0 aromatic carbocycles. The fraction of sp³-hybridized carbons (Fsp3) is 1.00. The van der Waals surface area contributed by atoms with Crippen molar-refractivity contribution in [3.8, 4) is 0 Å². The number of aliphatic hydroxyl groups is 2. The largest absolute Gasteiger partial charge is 0.394 e. The van der Waals surface area contributed by atoms with Gasteiger partial charge in [-0.3, -0.25) is 0 Å². The van der Waals surface area contributed by atoms with Crippen molar-refractivity contribution in [1.82, 2.24) is 0 Å². The van der Waals surface area contributed by atoms with Crippen molar-refractivity contribution in [2.75, 3.05) is 13.2 Å². The zero-order valence-corrected chi connectivity index (χ0v) is 9.93. The van der Waals surface area contributed by atoms with Gasteiger partial charge in [-0.2, -0.15) is 0 Å². The van der Waals surface area contributed by atoms with Crippen molar-refractivity contribution in [1.29, 1.82) is 0 Å². The van der Waals surface area contributed by atoms with E-state index in [1.807, 2.05) is 0 Å². The van der Waals surface area contributed by atoms with Crippen molar-refractivity contribution in [2.45, 2.75) is 45.1 Å². The fourth-order valence-electron chi connectivity index (χ4n) is 1.62. The lowest BCUT2D eigenvalue weighted by atomic mass is 9.92. The van der Waals surface area contributed by atoms with E-state index in [9.17, 15) is 5.11 Å². The second-order valence-electron chi connectivity index (χ2n) is 5.39. The summed E-state index contributed by atoms with van der Waals surface area (Å²) >= 11 is 0. The molecule has 0 radical (unpaired) electrons. The molecule has 1 aliphatic rings. The molecular formula is C10H21BO4. The molecule has 4 atom stereocenters. The Hall–Kier alpha value is -0.0951. The number of rotatable bonds is 3. The molecule has 88 valence electrons. The second-order valence-corrected chi connectivity index (χ2v) is 5.39. The second kappa shape index (κ2) is 4.83. The zero-order valence-electron chi connectivity index (χ0n) is 9.93. The predicted octanol–water partition coefficient (Wildman–Crippen LogP) is -0.871. The molecule has 1 unspecified atom stereocenters. The number of aliphatic hydroxyl groups excluding tert-OH is 2. The van der Waals surface area contributed by atoms with Gasteiger partial charge in [0.2, 0.25) is 0 Å². The molecule has 0 aliphatic carbocycles. The van der Waals surface area contributed by atoms with Crippen LogP contribution in [0.15, 0.2) is 0 Å². The van der Waals surface area contributed by atoms with E-state index in [-0.39, 0.29) is 18.0 Å². The van der Waals surface area contributed by atoms with Gasteiger partial charge in [0, 0.05) is 0 Å². The fourth-order valence-corrected chi connectivity index (χ4v) is 1.62. The van der Waals surface area contributed by atoms with Crippen LogP contribution < -0.4 is 0 Å². The van der Waals surface area contributed by atoms with E-state index in [2.05, 4.69) is 20.8 Å². The highest BCUT2D eigenvalue weighted by atomic mass is 16.6. The first kappa shape index (κ1) is 13.0. The van der Waals surface area contributed by atoms with E-state index >= 15 is 0 Å². The molecule has 1 aliphatic heterocycles. The monoisotopic (exact) mass is 216 g/mol. The molecule has 0 amide bonds. The SMILES string of the molecule is B[C@@H]1O[C@H](CO)[C@H](OCC(C)(C)C)C1O. The first-order valence-electron chi connectivity index (χ1n) is 5.41. The van der Waals surface area contributed by atoms with Crippen LogP contribution in [-0.2, 0) is 9.47 Å². The third-order valence-electron chi connectivity index (χ3n) is 2.46. The zero-order chi connectivity index (χ0) is 11.6. The Morgan fingerprint density at radius 1 is 1.40 bits per heavy atom. The minimum Gasteiger partial charge on any atom is -0.394 e. The average molecular weight is 216 g/mol. The molecule has 2 N–H and O–H groups in total. The molecule has 5 heteroatoms. The molecule has 15 heavy (non-hydrogen) atoms. The van der Waals surface area contributed by atoms with Crippen LogP contribution in [0.5, 0.6) is 0 Å². The van der Waals surface area contributed by atoms with Crippen molar-refractivity contribution in [3.63, 3.8) is 0 Å². The van der Waals surface area contributed by atoms with Crippen LogP contribution in [0.2, 0.25) is 0 Å². The molecule has 1 heterocycles. The molecule has 1 saturated heterocycles. The Morgan fingerprint density at radius 3 is 2.47 bits per heavy atom. The van der Waals surface area contributed by atoms with Gasteiger partial charge in [-0.15, -0.1) is 0 Å². The van der Waals surface area contributed by atoms with Crippen LogP contribution in [0.1, 0.15) is 20.8 Å². The van der Waals surface area contributed by atoms with Crippen LogP contribution in [0, 0.1) is 5.41 Å². The Bertz CT molecular complexity index is 204. The summed E-state index contributed by atoms with van der Waals surface area (Å²) in [6.45, 7) is 6.61. The van der Waals surface area contributed by atoms with Crippen LogP contribution in [0.4, 0.5) is 0 Å². The van der Waals surface area contributed by atoms with E-state index in [0.717, 1.165) is 0 Å². The molecule has 0 aromatic heterocycles. The van der Waals surface area contributed by atoms with Crippen molar-refractivity contribution in [3.05, 3.63) is 0 Å². The molecule has 1 rings (SSSR count). The van der Waals surface area contributed by atoms with E-state index < -0.39 is 18.3 Å². The summed E-state index contributed by atoms with van der Waals surface area (Å²) in [6, 6.07) is -0.271. The highest BCUT2D eigenvalue weighted by Gasteiger charge is 2.41. The highest BCUT2D eigenvalue weighted by Crippen LogP contribution is 2.24. The van der Waals surface area contributed by atoms with Crippen molar-refractivity contribution >= 4 is 7.85 Å². The first-order chi connectivity index (χ1) is 6.85. The molecule has 0 aromatic rings. The van der Waals surface area contributed by atoms with Gasteiger partial charge < -0.3 is 19.7 Å². The summed E-state index contributed by atoms with van der Waals surface area (Å²) in [6.07, 6.45) is -1.47. The third kappa shape index (κ3) is 3.45. The van der Waals surface area contributed by atoms with Gasteiger partial charge in [0.1, 0.15) is 26.2 Å².